The summed E-state index contributed by atoms with van der Waals surface area (Å²) in [5, 5.41) is 14.1. The maximum Gasteiger partial charge on any atom is 0.226 e. The number of methoxy groups -OCH3 is 2. The summed E-state index contributed by atoms with van der Waals surface area (Å²) in [6, 6.07) is 5.54. The summed E-state index contributed by atoms with van der Waals surface area (Å²) < 4.78 is 15.9. The average Bonchev–Trinajstić information content (AvgIpc) is 3.22. The van der Waals surface area contributed by atoms with Crippen LogP contribution in [0.5, 0.6) is 11.5 Å². The zero-order valence-corrected chi connectivity index (χ0v) is 14.1. The Morgan fingerprint density at radius 2 is 1.80 bits per heavy atom. The highest BCUT2D eigenvalue weighted by Crippen LogP contribution is 2.38. The SMILES string of the molecule is COc1ccc(CCNC(=O)[C@H]2[C@@H](C(=O)[O-])[C@@H]3C=C[C@H]2O3)cc1OC. The van der Waals surface area contributed by atoms with E-state index in [2.05, 4.69) is 5.32 Å². The van der Waals surface area contributed by atoms with Crippen molar-refractivity contribution in [1.82, 2.24) is 5.32 Å². The lowest BCUT2D eigenvalue weighted by Crippen LogP contribution is -2.47. The molecule has 0 saturated carbocycles. The molecule has 1 fully saturated rings. The Morgan fingerprint density at radius 3 is 2.44 bits per heavy atom. The van der Waals surface area contributed by atoms with E-state index in [0.29, 0.717) is 24.5 Å². The van der Waals surface area contributed by atoms with Crippen molar-refractivity contribution in [1.29, 1.82) is 0 Å². The molecule has 0 radical (unpaired) electrons. The molecule has 1 N–H and O–H groups in total. The third kappa shape index (κ3) is 3.32. The number of hydrogen-bond donors (Lipinski definition) is 1. The fourth-order valence-corrected chi connectivity index (χ4v) is 3.39. The zero-order valence-electron chi connectivity index (χ0n) is 14.1. The van der Waals surface area contributed by atoms with E-state index in [1.54, 1.807) is 32.4 Å². The van der Waals surface area contributed by atoms with Gasteiger partial charge in [-0.05, 0) is 24.1 Å². The molecule has 1 aromatic carbocycles. The van der Waals surface area contributed by atoms with Gasteiger partial charge in [-0.15, -0.1) is 0 Å². The summed E-state index contributed by atoms with van der Waals surface area (Å²) >= 11 is 0. The second kappa shape index (κ2) is 7.14. The van der Waals surface area contributed by atoms with Crippen LogP contribution in [0, 0.1) is 11.8 Å². The average molecular weight is 346 g/mol. The van der Waals surface area contributed by atoms with Crippen molar-refractivity contribution in [2.75, 3.05) is 20.8 Å². The van der Waals surface area contributed by atoms with Gasteiger partial charge < -0.3 is 29.4 Å². The van der Waals surface area contributed by atoms with Crippen molar-refractivity contribution in [3.63, 3.8) is 0 Å². The van der Waals surface area contributed by atoms with E-state index in [0.717, 1.165) is 5.56 Å². The summed E-state index contributed by atoms with van der Waals surface area (Å²) in [7, 11) is 3.13. The van der Waals surface area contributed by atoms with E-state index < -0.39 is 30.0 Å². The molecule has 4 atom stereocenters. The van der Waals surface area contributed by atoms with Crippen molar-refractivity contribution in [3.8, 4) is 11.5 Å². The monoisotopic (exact) mass is 346 g/mol. The van der Waals surface area contributed by atoms with Gasteiger partial charge in [0.2, 0.25) is 5.91 Å². The highest BCUT2D eigenvalue weighted by atomic mass is 16.5. The number of benzene rings is 1. The number of rotatable bonds is 7. The fourth-order valence-electron chi connectivity index (χ4n) is 3.39. The van der Waals surface area contributed by atoms with Crippen molar-refractivity contribution in [2.24, 2.45) is 11.8 Å². The molecule has 1 aromatic rings. The Bertz CT molecular complexity index is 701. The molecule has 3 rings (SSSR count). The Labute approximate surface area is 145 Å². The largest absolute Gasteiger partial charge is 0.550 e. The van der Waals surface area contributed by atoms with Gasteiger partial charge in [0.25, 0.3) is 0 Å². The van der Waals surface area contributed by atoms with Crippen LogP contribution in [0.15, 0.2) is 30.4 Å². The number of carbonyl (C=O) groups is 2. The highest BCUT2D eigenvalue weighted by Gasteiger charge is 2.50. The number of ether oxygens (including phenoxy) is 3. The number of hydrogen-bond acceptors (Lipinski definition) is 6. The Hall–Kier alpha value is -2.54. The van der Waals surface area contributed by atoms with Gasteiger partial charge in [-0.2, -0.15) is 0 Å². The Balaban J connectivity index is 1.58. The first kappa shape index (κ1) is 17.3. The summed E-state index contributed by atoms with van der Waals surface area (Å²) in [5.41, 5.74) is 0.971. The lowest BCUT2D eigenvalue weighted by molar-refractivity contribution is -0.313. The van der Waals surface area contributed by atoms with Gasteiger partial charge >= 0.3 is 0 Å². The Morgan fingerprint density at radius 1 is 1.12 bits per heavy atom. The molecule has 0 spiro atoms. The molecule has 0 unspecified atom stereocenters. The smallest absolute Gasteiger partial charge is 0.226 e. The molecular formula is C18H20NO6-. The van der Waals surface area contributed by atoms with Crippen molar-refractivity contribution >= 4 is 11.9 Å². The second-order valence-electron chi connectivity index (χ2n) is 6.05. The Kier molecular flexibility index (Phi) is 4.94. The van der Waals surface area contributed by atoms with E-state index >= 15 is 0 Å². The van der Waals surface area contributed by atoms with Crippen molar-refractivity contribution < 1.29 is 28.9 Å². The molecule has 2 aliphatic heterocycles. The molecule has 2 aliphatic rings. The molecule has 25 heavy (non-hydrogen) atoms. The maximum atomic E-state index is 12.4. The first-order valence-corrected chi connectivity index (χ1v) is 8.08. The van der Waals surface area contributed by atoms with Crippen LogP contribution >= 0.6 is 0 Å². The van der Waals surface area contributed by atoms with Crippen LogP contribution in [-0.2, 0) is 20.7 Å². The van der Waals surface area contributed by atoms with Gasteiger partial charge in [-0.1, -0.05) is 18.2 Å². The number of amides is 1. The van der Waals surface area contributed by atoms with Gasteiger partial charge in [0.05, 0.1) is 32.3 Å². The van der Waals surface area contributed by atoms with E-state index in [4.69, 9.17) is 14.2 Å². The minimum atomic E-state index is -1.25. The summed E-state index contributed by atoms with van der Waals surface area (Å²) in [4.78, 5) is 23.7. The molecule has 134 valence electrons. The predicted octanol–water partition coefficient (Wildman–Crippen LogP) is -0.318. The van der Waals surface area contributed by atoms with Gasteiger partial charge in [0.1, 0.15) is 0 Å². The summed E-state index contributed by atoms with van der Waals surface area (Å²) in [6.45, 7) is 0.381. The van der Waals surface area contributed by atoms with Crippen LogP contribution in [0.25, 0.3) is 0 Å². The first-order valence-electron chi connectivity index (χ1n) is 8.08. The third-order valence-electron chi connectivity index (χ3n) is 4.64. The lowest BCUT2D eigenvalue weighted by atomic mass is 9.82. The molecule has 0 aromatic heterocycles. The third-order valence-corrected chi connectivity index (χ3v) is 4.64. The minimum absolute atomic E-state index is 0.327. The minimum Gasteiger partial charge on any atom is -0.550 e. The second-order valence-corrected chi connectivity index (χ2v) is 6.05. The lowest BCUT2D eigenvalue weighted by Gasteiger charge is -2.25. The highest BCUT2D eigenvalue weighted by molar-refractivity contribution is 5.86. The van der Waals surface area contributed by atoms with Crippen LogP contribution in [0.3, 0.4) is 0 Å². The van der Waals surface area contributed by atoms with E-state index in [1.807, 2.05) is 12.1 Å². The number of carboxylic acid groups (broad SMARTS) is 1. The van der Waals surface area contributed by atoms with Gasteiger partial charge in [0.15, 0.2) is 11.5 Å². The quantitative estimate of drug-likeness (QED) is 0.680. The molecule has 0 aliphatic carbocycles. The van der Waals surface area contributed by atoms with E-state index in [1.165, 1.54) is 0 Å². The van der Waals surface area contributed by atoms with Crippen LogP contribution in [0.4, 0.5) is 0 Å². The number of carboxylic acids is 1. The van der Waals surface area contributed by atoms with Crippen molar-refractivity contribution in [2.45, 2.75) is 18.6 Å². The van der Waals surface area contributed by atoms with Crippen LogP contribution in [0.2, 0.25) is 0 Å². The fraction of sp³-hybridized carbons (Fsp3) is 0.444. The molecule has 2 heterocycles. The normalized spacial score (nSPS) is 26.5. The standard InChI is InChI=1S/C18H21NO6/c1-23-11-4-3-10(9-14(11)24-2)7-8-19-17(20)15-12-5-6-13(25-12)16(15)18(21)22/h3-6,9,12-13,15-16H,7-8H2,1-2H3,(H,19,20)(H,21,22)/p-1/t12-,13+,15-,16+/m1/s1. The molecule has 7 heteroatoms. The molecule has 1 saturated heterocycles. The van der Waals surface area contributed by atoms with Crippen LogP contribution < -0.4 is 19.9 Å². The number of nitrogens with one attached hydrogen (secondary N) is 1. The van der Waals surface area contributed by atoms with Crippen LogP contribution in [-0.4, -0.2) is 44.8 Å². The molecule has 2 bridgehead atoms. The van der Waals surface area contributed by atoms with Gasteiger partial charge in [0, 0.05) is 18.4 Å². The van der Waals surface area contributed by atoms with Crippen LogP contribution in [0.1, 0.15) is 5.56 Å². The van der Waals surface area contributed by atoms with Gasteiger partial charge in [-0.25, -0.2) is 0 Å². The number of fused-ring (bicyclic) bond motifs is 2. The van der Waals surface area contributed by atoms with E-state index in [9.17, 15) is 14.7 Å². The summed E-state index contributed by atoms with van der Waals surface area (Å²) in [5.74, 6) is -2.00. The maximum absolute atomic E-state index is 12.4. The van der Waals surface area contributed by atoms with Gasteiger partial charge in [-0.3, -0.25) is 4.79 Å². The molecular weight excluding hydrogens is 326 g/mol. The topological polar surface area (TPSA) is 96.9 Å². The first-order chi connectivity index (χ1) is 12.0. The summed E-state index contributed by atoms with van der Waals surface area (Å²) in [6.07, 6.45) is 2.94. The number of carbonyl (C=O) groups excluding carboxylic acids is 2. The molecule has 1 amide bonds. The molecule has 7 nitrogen and oxygen atoms in total. The van der Waals surface area contributed by atoms with Crippen molar-refractivity contribution in [3.05, 3.63) is 35.9 Å². The number of aliphatic carboxylic acids is 1. The van der Waals surface area contributed by atoms with E-state index in [-0.39, 0.29) is 5.91 Å². The zero-order chi connectivity index (χ0) is 18.0. The predicted molar refractivity (Wildman–Crippen MR) is 86.0 cm³/mol.